The van der Waals surface area contributed by atoms with Gasteiger partial charge in [0.1, 0.15) is 0 Å². The summed E-state index contributed by atoms with van der Waals surface area (Å²) in [6.45, 7) is 4.15. The molecule has 4 aromatic rings. The number of hydrogen-bond donors (Lipinski definition) is 0. The Morgan fingerprint density at radius 2 is 1.31 bits per heavy atom. The van der Waals surface area contributed by atoms with Crippen molar-refractivity contribution in [3.8, 4) is 0 Å². The van der Waals surface area contributed by atoms with Crippen LogP contribution in [0.15, 0.2) is 79.4 Å². The molecule has 0 aliphatic rings. The normalized spacial score (nSPS) is 10.8. The Kier molecular flexibility index (Phi) is 5.76. The van der Waals surface area contributed by atoms with Crippen molar-refractivity contribution in [1.82, 2.24) is 15.0 Å². The van der Waals surface area contributed by atoms with Gasteiger partial charge >= 0.3 is 0 Å². The second kappa shape index (κ2) is 8.78. The topological polar surface area (TPSA) is 38.7 Å². The number of pyridine rings is 3. The summed E-state index contributed by atoms with van der Waals surface area (Å²) >= 11 is 0. The zero-order valence-corrected chi connectivity index (χ0v) is 17.0. The van der Waals surface area contributed by atoms with Crippen molar-refractivity contribution in [3.63, 3.8) is 0 Å². The zero-order chi connectivity index (χ0) is 20.1. The number of hydrogen-bond acceptors (Lipinski definition) is 3. The fourth-order valence-electron chi connectivity index (χ4n) is 3.69. The number of benzene rings is 1. The third-order valence-corrected chi connectivity index (χ3v) is 4.98. The average molecular weight is 380 g/mol. The van der Waals surface area contributed by atoms with Crippen LogP contribution in [-0.2, 0) is 19.3 Å². The van der Waals surface area contributed by atoms with Crippen LogP contribution >= 0.6 is 0 Å². The van der Waals surface area contributed by atoms with E-state index in [1.54, 1.807) is 0 Å². The predicted octanol–water partition coefficient (Wildman–Crippen LogP) is 5.26. The summed E-state index contributed by atoms with van der Waals surface area (Å²) in [6.07, 6.45) is 10.3. The molecule has 0 atom stereocenters. The minimum Gasteiger partial charge on any atom is -0.264 e. The maximum Gasteiger partial charge on any atom is 0.0450 e. The highest BCUT2D eigenvalue weighted by molar-refractivity contribution is 5.32. The predicted molar refractivity (Wildman–Crippen MR) is 117 cm³/mol. The van der Waals surface area contributed by atoms with E-state index in [1.807, 2.05) is 31.7 Å². The second-order valence-electron chi connectivity index (χ2n) is 7.68. The second-order valence-corrected chi connectivity index (χ2v) is 7.68. The van der Waals surface area contributed by atoms with Crippen molar-refractivity contribution in [2.45, 2.75) is 33.1 Å². The highest BCUT2D eigenvalue weighted by Crippen LogP contribution is 2.16. The standard InChI is InChI=1S/C26H25N3/c1-19-4-3-5-21(10-19)15-26-16-23(7-9-29-26)13-25-14-24(17-27-18-25)12-22-6-8-28-20(2)11-22/h3-11,14,16-18H,12-13,15H2,1-2H3. The maximum atomic E-state index is 4.57. The van der Waals surface area contributed by atoms with Gasteiger partial charge in [0.05, 0.1) is 0 Å². The lowest BCUT2D eigenvalue weighted by molar-refractivity contribution is 1.03. The van der Waals surface area contributed by atoms with Crippen molar-refractivity contribution >= 4 is 0 Å². The molecule has 3 heteroatoms. The number of aromatic nitrogens is 3. The van der Waals surface area contributed by atoms with Gasteiger partial charge in [-0.25, -0.2) is 0 Å². The van der Waals surface area contributed by atoms with Crippen molar-refractivity contribution in [3.05, 3.63) is 124 Å². The van der Waals surface area contributed by atoms with Crippen LogP contribution < -0.4 is 0 Å². The Hall–Kier alpha value is -3.33. The lowest BCUT2D eigenvalue weighted by atomic mass is 10.0. The third-order valence-electron chi connectivity index (χ3n) is 4.98. The van der Waals surface area contributed by atoms with E-state index in [-0.39, 0.29) is 0 Å². The van der Waals surface area contributed by atoms with Crippen molar-refractivity contribution in [2.24, 2.45) is 0 Å². The molecule has 3 nitrogen and oxygen atoms in total. The molecule has 3 aromatic heterocycles. The molecule has 0 saturated heterocycles. The monoisotopic (exact) mass is 379 g/mol. The summed E-state index contributed by atoms with van der Waals surface area (Å²) in [5, 5.41) is 0. The fraction of sp³-hybridized carbons (Fsp3) is 0.192. The van der Waals surface area contributed by atoms with Gasteiger partial charge in [0.15, 0.2) is 0 Å². The number of nitrogens with zero attached hydrogens (tertiary/aromatic N) is 3. The van der Waals surface area contributed by atoms with Crippen molar-refractivity contribution in [2.75, 3.05) is 0 Å². The molecule has 0 N–H and O–H groups in total. The van der Waals surface area contributed by atoms with Crippen LogP contribution in [0.2, 0.25) is 0 Å². The van der Waals surface area contributed by atoms with Crippen LogP contribution in [0.3, 0.4) is 0 Å². The van der Waals surface area contributed by atoms with Crippen LogP contribution in [0.5, 0.6) is 0 Å². The van der Waals surface area contributed by atoms with Crippen LogP contribution in [0, 0.1) is 13.8 Å². The van der Waals surface area contributed by atoms with E-state index >= 15 is 0 Å². The van der Waals surface area contributed by atoms with Gasteiger partial charge in [0, 0.05) is 42.6 Å². The maximum absolute atomic E-state index is 4.57. The molecule has 0 saturated carbocycles. The largest absolute Gasteiger partial charge is 0.264 e. The quantitative estimate of drug-likeness (QED) is 0.459. The zero-order valence-electron chi connectivity index (χ0n) is 17.0. The molecule has 4 rings (SSSR count). The summed E-state index contributed by atoms with van der Waals surface area (Å²) in [4.78, 5) is 13.3. The van der Waals surface area contributed by atoms with Crippen LogP contribution in [-0.4, -0.2) is 15.0 Å². The lowest BCUT2D eigenvalue weighted by Crippen LogP contribution is -1.98. The lowest BCUT2D eigenvalue weighted by Gasteiger charge is -2.08. The molecule has 0 fully saturated rings. The van der Waals surface area contributed by atoms with Crippen LogP contribution in [0.4, 0.5) is 0 Å². The van der Waals surface area contributed by atoms with Gasteiger partial charge in [-0.3, -0.25) is 15.0 Å². The molecule has 0 amide bonds. The van der Waals surface area contributed by atoms with Gasteiger partial charge in [-0.1, -0.05) is 35.9 Å². The van der Waals surface area contributed by atoms with Crippen molar-refractivity contribution < 1.29 is 0 Å². The number of aryl methyl sites for hydroxylation is 2. The summed E-state index contributed by atoms with van der Waals surface area (Å²) < 4.78 is 0. The molecule has 0 unspecified atom stereocenters. The van der Waals surface area contributed by atoms with Crippen LogP contribution in [0.1, 0.15) is 44.8 Å². The molecule has 0 bridgehead atoms. The first kappa shape index (κ1) is 19.0. The van der Waals surface area contributed by atoms with Crippen LogP contribution in [0.25, 0.3) is 0 Å². The highest BCUT2D eigenvalue weighted by Gasteiger charge is 2.04. The molecular weight excluding hydrogens is 354 g/mol. The third kappa shape index (κ3) is 5.35. The minimum absolute atomic E-state index is 0.856. The first-order valence-corrected chi connectivity index (χ1v) is 9.98. The SMILES string of the molecule is Cc1cccc(Cc2cc(Cc3cncc(Cc4ccnc(C)c4)c3)ccn2)c1. The van der Waals surface area contributed by atoms with Gasteiger partial charge in [-0.05, 0) is 78.8 Å². The Morgan fingerprint density at radius 1 is 0.621 bits per heavy atom. The van der Waals surface area contributed by atoms with E-state index in [1.165, 1.54) is 33.4 Å². The smallest absolute Gasteiger partial charge is 0.0450 e. The molecule has 29 heavy (non-hydrogen) atoms. The Bertz CT molecular complexity index is 1030. The Balaban J connectivity index is 1.48. The van der Waals surface area contributed by atoms with Crippen molar-refractivity contribution in [1.29, 1.82) is 0 Å². The first-order chi connectivity index (χ1) is 14.1. The van der Waals surface area contributed by atoms with Gasteiger partial charge in [0.2, 0.25) is 0 Å². The fourth-order valence-corrected chi connectivity index (χ4v) is 3.69. The van der Waals surface area contributed by atoms with Gasteiger partial charge in [-0.15, -0.1) is 0 Å². The summed E-state index contributed by atoms with van der Waals surface area (Å²) in [6, 6.07) is 19.4. The summed E-state index contributed by atoms with van der Waals surface area (Å²) in [5.41, 5.74) is 9.70. The van der Waals surface area contributed by atoms with E-state index in [9.17, 15) is 0 Å². The molecule has 0 aliphatic heterocycles. The van der Waals surface area contributed by atoms with E-state index in [0.717, 1.165) is 30.7 Å². The van der Waals surface area contributed by atoms with Gasteiger partial charge in [-0.2, -0.15) is 0 Å². The Labute approximate surface area is 172 Å². The molecule has 1 aromatic carbocycles. The van der Waals surface area contributed by atoms with E-state index in [4.69, 9.17) is 0 Å². The Morgan fingerprint density at radius 3 is 2.03 bits per heavy atom. The molecule has 144 valence electrons. The summed E-state index contributed by atoms with van der Waals surface area (Å²) in [5.74, 6) is 0. The highest BCUT2D eigenvalue weighted by atomic mass is 14.7. The molecular formula is C26H25N3. The van der Waals surface area contributed by atoms with Gasteiger partial charge < -0.3 is 0 Å². The molecule has 3 heterocycles. The van der Waals surface area contributed by atoms with E-state index < -0.39 is 0 Å². The van der Waals surface area contributed by atoms with E-state index in [2.05, 4.69) is 76.5 Å². The minimum atomic E-state index is 0.856. The number of rotatable bonds is 6. The average Bonchev–Trinajstić information content (AvgIpc) is 2.69. The molecule has 0 aliphatic carbocycles. The summed E-state index contributed by atoms with van der Waals surface area (Å²) in [7, 11) is 0. The molecule has 0 spiro atoms. The molecule has 0 radical (unpaired) electrons. The van der Waals surface area contributed by atoms with Gasteiger partial charge in [0.25, 0.3) is 0 Å². The van der Waals surface area contributed by atoms with E-state index in [0.29, 0.717) is 0 Å². The first-order valence-electron chi connectivity index (χ1n) is 9.98.